The third-order valence-corrected chi connectivity index (χ3v) is 2.84. The summed E-state index contributed by atoms with van der Waals surface area (Å²) in [6.07, 6.45) is 0.352. The molecule has 0 aromatic heterocycles. The van der Waals surface area contributed by atoms with Crippen LogP contribution in [-0.2, 0) is 25.4 Å². The van der Waals surface area contributed by atoms with Gasteiger partial charge in [-0.3, -0.25) is 0 Å². The molecular formula is C16H24O4. The van der Waals surface area contributed by atoms with E-state index >= 15 is 0 Å². The Hall–Kier alpha value is -1.39. The number of ether oxygens (including phenoxy) is 3. The van der Waals surface area contributed by atoms with Crippen LogP contribution in [0.15, 0.2) is 30.3 Å². The second kappa shape index (κ2) is 9.50. The number of benzene rings is 1. The Morgan fingerprint density at radius 1 is 1.15 bits per heavy atom. The molecule has 0 aliphatic heterocycles. The maximum Gasteiger partial charge on any atom is 0.335 e. The van der Waals surface area contributed by atoms with E-state index in [0.717, 1.165) is 6.42 Å². The Morgan fingerprint density at radius 2 is 1.85 bits per heavy atom. The molecule has 1 rings (SSSR count). The summed E-state index contributed by atoms with van der Waals surface area (Å²) in [5.41, 5.74) is 1.18. The van der Waals surface area contributed by atoms with Crippen molar-refractivity contribution in [2.45, 2.75) is 46.0 Å². The van der Waals surface area contributed by atoms with E-state index in [1.807, 2.05) is 37.3 Å². The standard InChI is InChI=1S/C16H24O4/c1-4-18-13(3)20-15(16(17)19-5-2)12-11-14-9-7-6-8-10-14/h6-10,13,15H,4-5,11-12H2,1-3H3. The Balaban J connectivity index is 2.55. The van der Waals surface area contributed by atoms with Gasteiger partial charge in [0.1, 0.15) is 0 Å². The number of carbonyl (C=O) groups excluding carboxylic acids is 1. The Labute approximate surface area is 121 Å². The number of carbonyl (C=O) groups is 1. The molecule has 0 fully saturated rings. The van der Waals surface area contributed by atoms with E-state index in [2.05, 4.69) is 0 Å². The van der Waals surface area contributed by atoms with Crippen LogP contribution in [0.3, 0.4) is 0 Å². The van der Waals surface area contributed by atoms with Crippen LogP contribution in [0.25, 0.3) is 0 Å². The van der Waals surface area contributed by atoms with Crippen LogP contribution in [-0.4, -0.2) is 31.6 Å². The first kappa shape index (κ1) is 16.7. The van der Waals surface area contributed by atoms with Crippen molar-refractivity contribution in [1.82, 2.24) is 0 Å². The largest absolute Gasteiger partial charge is 0.464 e. The monoisotopic (exact) mass is 280 g/mol. The number of aryl methyl sites for hydroxylation is 1. The average Bonchev–Trinajstić information content (AvgIpc) is 2.45. The highest BCUT2D eigenvalue weighted by molar-refractivity contribution is 5.74. The fraction of sp³-hybridized carbons (Fsp3) is 0.562. The van der Waals surface area contributed by atoms with E-state index in [9.17, 15) is 4.79 Å². The predicted octanol–water partition coefficient (Wildman–Crippen LogP) is 2.95. The lowest BCUT2D eigenvalue weighted by molar-refractivity contribution is -0.187. The third kappa shape index (κ3) is 6.17. The Morgan fingerprint density at radius 3 is 2.45 bits per heavy atom. The second-order valence-electron chi connectivity index (χ2n) is 4.42. The summed E-state index contributed by atoms with van der Waals surface area (Å²) >= 11 is 0. The third-order valence-electron chi connectivity index (χ3n) is 2.84. The van der Waals surface area contributed by atoms with Crippen LogP contribution in [0.1, 0.15) is 32.8 Å². The number of esters is 1. The van der Waals surface area contributed by atoms with Gasteiger partial charge in [0.2, 0.25) is 0 Å². The van der Waals surface area contributed by atoms with Crippen LogP contribution in [0.2, 0.25) is 0 Å². The van der Waals surface area contributed by atoms with Crippen LogP contribution >= 0.6 is 0 Å². The molecule has 0 amide bonds. The Kier molecular flexibility index (Phi) is 7.92. The van der Waals surface area contributed by atoms with Gasteiger partial charge < -0.3 is 14.2 Å². The molecule has 2 atom stereocenters. The average molecular weight is 280 g/mol. The zero-order chi connectivity index (χ0) is 14.8. The minimum absolute atomic E-state index is 0.324. The van der Waals surface area contributed by atoms with Crippen LogP contribution in [0.4, 0.5) is 0 Å². The van der Waals surface area contributed by atoms with Crippen molar-refractivity contribution in [3.63, 3.8) is 0 Å². The fourth-order valence-corrected chi connectivity index (χ4v) is 1.92. The lowest BCUT2D eigenvalue weighted by atomic mass is 10.1. The molecule has 2 unspecified atom stereocenters. The van der Waals surface area contributed by atoms with Crippen molar-refractivity contribution in [3.05, 3.63) is 35.9 Å². The van der Waals surface area contributed by atoms with Crippen LogP contribution in [0.5, 0.6) is 0 Å². The minimum Gasteiger partial charge on any atom is -0.464 e. The lowest BCUT2D eigenvalue weighted by Gasteiger charge is -2.21. The maximum atomic E-state index is 11.9. The number of rotatable bonds is 9. The zero-order valence-corrected chi connectivity index (χ0v) is 12.5. The quantitative estimate of drug-likeness (QED) is 0.515. The van der Waals surface area contributed by atoms with E-state index < -0.39 is 12.4 Å². The minimum atomic E-state index is -0.586. The maximum absolute atomic E-state index is 11.9. The lowest BCUT2D eigenvalue weighted by Crippen LogP contribution is -2.31. The van der Waals surface area contributed by atoms with Crippen LogP contribution in [0, 0.1) is 0 Å². The van der Waals surface area contributed by atoms with Gasteiger partial charge in [0, 0.05) is 6.61 Å². The van der Waals surface area contributed by atoms with Crippen molar-refractivity contribution < 1.29 is 19.0 Å². The summed E-state index contributed by atoms with van der Waals surface area (Å²) < 4.78 is 16.0. The van der Waals surface area contributed by atoms with E-state index in [1.54, 1.807) is 13.8 Å². The molecular weight excluding hydrogens is 256 g/mol. The molecule has 0 N–H and O–H groups in total. The van der Waals surface area contributed by atoms with Gasteiger partial charge in [0.05, 0.1) is 6.61 Å². The molecule has 0 radical (unpaired) electrons. The van der Waals surface area contributed by atoms with Gasteiger partial charge in [-0.05, 0) is 39.2 Å². The van der Waals surface area contributed by atoms with Gasteiger partial charge in [-0.2, -0.15) is 0 Å². The first-order chi connectivity index (χ1) is 9.67. The van der Waals surface area contributed by atoms with Crippen molar-refractivity contribution >= 4 is 5.97 Å². The topological polar surface area (TPSA) is 44.8 Å². The zero-order valence-electron chi connectivity index (χ0n) is 12.5. The molecule has 0 heterocycles. The van der Waals surface area contributed by atoms with Gasteiger partial charge in [-0.15, -0.1) is 0 Å². The van der Waals surface area contributed by atoms with E-state index in [0.29, 0.717) is 19.6 Å². The molecule has 20 heavy (non-hydrogen) atoms. The molecule has 0 saturated carbocycles. The molecule has 4 heteroatoms. The summed E-state index contributed by atoms with van der Waals surface area (Å²) in [7, 11) is 0. The van der Waals surface area contributed by atoms with Crippen molar-refractivity contribution in [2.24, 2.45) is 0 Å². The first-order valence-electron chi connectivity index (χ1n) is 7.15. The normalized spacial score (nSPS) is 13.8. The summed E-state index contributed by atoms with van der Waals surface area (Å²) in [6.45, 7) is 6.38. The highest BCUT2D eigenvalue weighted by Crippen LogP contribution is 2.11. The summed E-state index contributed by atoms with van der Waals surface area (Å²) in [5, 5.41) is 0. The summed E-state index contributed by atoms with van der Waals surface area (Å²) in [4.78, 5) is 11.9. The highest BCUT2D eigenvalue weighted by Gasteiger charge is 2.23. The van der Waals surface area contributed by atoms with Crippen molar-refractivity contribution in [1.29, 1.82) is 0 Å². The molecule has 4 nitrogen and oxygen atoms in total. The summed E-state index contributed by atoms with van der Waals surface area (Å²) in [5.74, 6) is -0.324. The Bertz CT molecular complexity index is 377. The number of hydrogen-bond donors (Lipinski definition) is 0. The van der Waals surface area contributed by atoms with Gasteiger partial charge in [0.25, 0.3) is 0 Å². The van der Waals surface area contributed by atoms with Gasteiger partial charge in [-0.1, -0.05) is 30.3 Å². The predicted molar refractivity (Wildman–Crippen MR) is 77.4 cm³/mol. The van der Waals surface area contributed by atoms with Crippen molar-refractivity contribution in [3.8, 4) is 0 Å². The van der Waals surface area contributed by atoms with Crippen LogP contribution < -0.4 is 0 Å². The molecule has 1 aromatic rings. The molecule has 112 valence electrons. The van der Waals surface area contributed by atoms with E-state index in [4.69, 9.17) is 14.2 Å². The fourth-order valence-electron chi connectivity index (χ4n) is 1.92. The van der Waals surface area contributed by atoms with E-state index in [1.165, 1.54) is 5.56 Å². The van der Waals surface area contributed by atoms with E-state index in [-0.39, 0.29) is 5.97 Å². The highest BCUT2D eigenvalue weighted by atomic mass is 16.7. The molecule has 1 aromatic carbocycles. The van der Waals surface area contributed by atoms with Gasteiger partial charge in [0.15, 0.2) is 12.4 Å². The summed E-state index contributed by atoms with van der Waals surface area (Å²) in [6, 6.07) is 10.0. The van der Waals surface area contributed by atoms with Gasteiger partial charge in [-0.25, -0.2) is 4.79 Å². The molecule has 0 aliphatic rings. The molecule has 0 spiro atoms. The molecule has 0 saturated heterocycles. The molecule has 0 aliphatic carbocycles. The van der Waals surface area contributed by atoms with Crippen molar-refractivity contribution in [2.75, 3.05) is 13.2 Å². The SMILES string of the molecule is CCOC(=O)C(CCc1ccccc1)OC(C)OCC. The first-order valence-corrected chi connectivity index (χ1v) is 7.15. The number of hydrogen-bond acceptors (Lipinski definition) is 4. The molecule has 0 bridgehead atoms. The second-order valence-corrected chi connectivity index (χ2v) is 4.42. The smallest absolute Gasteiger partial charge is 0.335 e. The van der Waals surface area contributed by atoms with Gasteiger partial charge >= 0.3 is 5.97 Å².